The van der Waals surface area contributed by atoms with Crippen molar-refractivity contribution in [2.75, 3.05) is 11.9 Å². The second kappa shape index (κ2) is 13.7. The number of urea groups is 1. The van der Waals surface area contributed by atoms with Crippen LogP contribution in [-0.2, 0) is 27.4 Å². The predicted molar refractivity (Wildman–Crippen MR) is 145 cm³/mol. The third kappa shape index (κ3) is 8.65. The maximum atomic E-state index is 13.0. The van der Waals surface area contributed by atoms with Gasteiger partial charge in [0, 0.05) is 10.7 Å². The van der Waals surface area contributed by atoms with Crippen LogP contribution >= 0.6 is 34.8 Å². The SMILES string of the molecule is NC(=O)NC[C@H](NC(=O)c1c(Cl)cc(NC(=O)Cc2cccc(Cl)c2)cc1Cl)C(=O)OCc1ccccc1. The zero-order valence-electron chi connectivity index (χ0n) is 19.8. The van der Waals surface area contributed by atoms with Crippen molar-refractivity contribution in [3.05, 3.63) is 98.5 Å². The molecule has 0 fully saturated rings. The zero-order valence-corrected chi connectivity index (χ0v) is 22.1. The molecule has 0 aliphatic carbocycles. The number of nitrogens with two attached hydrogens (primary N) is 1. The first-order valence-electron chi connectivity index (χ1n) is 11.2. The van der Waals surface area contributed by atoms with Gasteiger partial charge in [-0.05, 0) is 35.4 Å². The first kappa shape index (κ1) is 28.8. The molecule has 3 aromatic carbocycles. The molecule has 0 aromatic heterocycles. The lowest BCUT2D eigenvalue weighted by Gasteiger charge is -2.19. The monoisotopic (exact) mass is 576 g/mol. The number of halogens is 3. The topological polar surface area (TPSA) is 140 Å². The normalized spacial score (nSPS) is 11.2. The van der Waals surface area contributed by atoms with Crippen molar-refractivity contribution >= 4 is 64.3 Å². The quantitative estimate of drug-likeness (QED) is 0.266. The second-order valence-corrected chi connectivity index (χ2v) is 9.29. The summed E-state index contributed by atoms with van der Waals surface area (Å²) in [6.07, 6.45) is 0.0532. The summed E-state index contributed by atoms with van der Waals surface area (Å²) < 4.78 is 5.27. The smallest absolute Gasteiger partial charge is 0.330 e. The van der Waals surface area contributed by atoms with Gasteiger partial charge in [0.25, 0.3) is 5.91 Å². The minimum Gasteiger partial charge on any atom is -0.459 e. The van der Waals surface area contributed by atoms with Crippen LogP contribution in [0.4, 0.5) is 10.5 Å². The zero-order chi connectivity index (χ0) is 27.7. The molecule has 198 valence electrons. The van der Waals surface area contributed by atoms with Gasteiger partial charge in [-0.2, -0.15) is 0 Å². The summed E-state index contributed by atoms with van der Waals surface area (Å²) in [5.41, 5.74) is 6.67. The average molecular weight is 578 g/mol. The van der Waals surface area contributed by atoms with E-state index in [0.29, 0.717) is 10.6 Å². The Hall–Kier alpha value is -3.79. The van der Waals surface area contributed by atoms with Crippen LogP contribution in [-0.4, -0.2) is 36.4 Å². The van der Waals surface area contributed by atoms with E-state index in [-0.39, 0.29) is 46.8 Å². The van der Waals surface area contributed by atoms with E-state index in [1.54, 1.807) is 48.5 Å². The van der Waals surface area contributed by atoms with Crippen molar-refractivity contribution in [3.8, 4) is 0 Å². The van der Waals surface area contributed by atoms with Crippen LogP contribution in [0, 0.1) is 0 Å². The Kier molecular flexibility index (Phi) is 10.3. The number of amides is 4. The largest absolute Gasteiger partial charge is 0.459 e. The molecule has 12 heteroatoms. The van der Waals surface area contributed by atoms with Crippen molar-refractivity contribution in [2.24, 2.45) is 5.73 Å². The third-order valence-electron chi connectivity index (χ3n) is 5.10. The third-order valence-corrected chi connectivity index (χ3v) is 5.93. The minimum atomic E-state index is -1.29. The highest BCUT2D eigenvalue weighted by Gasteiger charge is 2.26. The molecule has 0 unspecified atom stereocenters. The van der Waals surface area contributed by atoms with Crippen LogP contribution < -0.4 is 21.7 Å². The van der Waals surface area contributed by atoms with E-state index in [9.17, 15) is 19.2 Å². The maximum Gasteiger partial charge on any atom is 0.330 e. The Bertz CT molecular complexity index is 1310. The molecule has 0 saturated carbocycles. The van der Waals surface area contributed by atoms with Crippen LogP contribution in [0.15, 0.2) is 66.7 Å². The molecular formula is C26H23Cl3N4O5. The van der Waals surface area contributed by atoms with Gasteiger partial charge in [-0.15, -0.1) is 0 Å². The molecule has 3 aromatic rings. The molecule has 0 aliphatic heterocycles. The van der Waals surface area contributed by atoms with Crippen molar-refractivity contribution in [1.29, 1.82) is 0 Å². The Morgan fingerprint density at radius 3 is 2.16 bits per heavy atom. The summed E-state index contributed by atoms with van der Waals surface area (Å²) in [6.45, 7) is -0.380. The van der Waals surface area contributed by atoms with E-state index in [4.69, 9.17) is 45.3 Å². The fraction of sp³-hybridized carbons (Fsp3) is 0.154. The fourth-order valence-electron chi connectivity index (χ4n) is 3.36. The van der Waals surface area contributed by atoms with Gasteiger partial charge in [-0.3, -0.25) is 9.59 Å². The molecule has 0 spiro atoms. The first-order valence-corrected chi connectivity index (χ1v) is 12.3. The lowest BCUT2D eigenvalue weighted by molar-refractivity contribution is -0.147. The molecule has 0 bridgehead atoms. The Morgan fingerprint density at radius 2 is 1.53 bits per heavy atom. The lowest BCUT2D eigenvalue weighted by atomic mass is 10.1. The molecule has 0 radical (unpaired) electrons. The van der Waals surface area contributed by atoms with E-state index in [1.807, 2.05) is 6.07 Å². The number of benzene rings is 3. The summed E-state index contributed by atoms with van der Waals surface area (Å²) in [6, 6.07) is 16.3. The van der Waals surface area contributed by atoms with E-state index in [0.717, 1.165) is 5.56 Å². The molecule has 5 N–H and O–H groups in total. The van der Waals surface area contributed by atoms with E-state index in [1.165, 1.54) is 12.1 Å². The van der Waals surface area contributed by atoms with Gasteiger partial charge in [0.2, 0.25) is 5.91 Å². The number of carbonyl (C=O) groups is 4. The number of ether oxygens (including phenoxy) is 1. The number of carbonyl (C=O) groups excluding carboxylic acids is 4. The van der Waals surface area contributed by atoms with Gasteiger partial charge in [0.1, 0.15) is 12.6 Å². The Morgan fingerprint density at radius 1 is 0.868 bits per heavy atom. The maximum absolute atomic E-state index is 13.0. The average Bonchev–Trinajstić information content (AvgIpc) is 2.85. The predicted octanol–water partition coefficient (Wildman–Crippen LogP) is 4.34. The number of rotatable bonds is 10. The number of hydrogen-bond acceptors (Lipinski definition) is 5. The number of esters is 1. The lowest BCUT2D eigenvalue weighted by Crippen LogP contribution is -2.50. The van der Waals surface area contributed by atoms with Gasteiger partial charge in [0.15, 0.2) is 0 Å². The fourth-order valence-corrected chi connectivity index (χ4v) is 4.23. The molecule has 0 aliphatic rings. The summed E-state index contributed by atoms with van der Waals surface area (Å²) in [5.74, 6) is -1.96. The molecule has 3 rings (SSSR count). The summed E-state index contributed by atoms with van der Waals surface area (Å²) in [5, 5.41) is 7.73. The second-order valence-electron chi connectivity index (χ2n) is 8.03. The van der Waals surface area contributed by atoms with Crippen LogP contribution in [0.2, 0.25) is 15.1 Å². The van der Waals surface area contributed by atoms with Crippen molar-refractivity contribution in [2.45, 2.75) is 19.1 Å². The molecule has 1 atom stereocenters. The van der Waals surface area contributed by atoms with Gasteiger partial charge in [-0.25, -0.2) is 9.59 Å². The molecule has 38 heavy (non-hydrogen) atoms. The molecule has 0 saturated heterocycles. The van der Waals surface area contributed by atoms with E-state index in [2.05, 4.69) is 16.0 Å². The van der Waals surface area contributed by atoms with Crippen LogP contribution in [0.25, 0.3) is 0 Å². The molecule has 9 nitrogen and oxygen atoms in total. The highest BCUT2D eigenvalue weighted by Crippen LogP contribution is 2.29. The first-order chi connectivity index (χ1) is 18.1. The van der Waals surface area contributed by atoms with Crippen molar-refractivity contribution in [1.82, 2.24) is 10.6 Å². The van der Waals surface area contributed by atoms with Crippen molar-refractivity contribution in [3.63, 3.8) is 0 Å². The summed E-state index contributed by atoms with van der Waals surface area (Å²) in [7, 11) is 0. The van der Waals surface area contributed by atoms with Gasteiger partial charge in [0.05, 0.1) is 28.6 Å². The van der Waals surface area contributed by atoms with E-state index >= 15 is 0 Å². The van der Waals surface area contributed by atoms with Crippen LogP contribution in [0.1, 0.15) is 21.5 Å². The summed E-state index contributed by atoms with van der Waals surface area (Å²) >= 11 is 18.6. The highest BCUT2D eigenvalue weighted by molar-refractivity contribution is 6.40. The highest BCUT2D eigenvalue weighted by atomic mass is 35.5. The molecule has 0 heterocycles. The minimum absolute atomic E-state index is 0.0479. The van der Waals surface area contributed by atoms with Gasteiger partial charge in [-0.1, -0.05) is 77.3 Å². The number of hydrogen-bond donors (Lipinski definition) is 4. The molecule has 4 amide bonds. The van der Waals surface area contributed by atoms with Crippen LogP contribution in [0.5, 0.6) is 0 Å². The number of anilines is 1. The number of nitrogens with one attached hydrogen (secondary N) is 3. The summed E-state index contributed by atoms with van der Waals surface area (Å²) in [4.78, 5) is 49.3. The van der Waals surface area contributed by atoms with E-state index < -0.39 is 23.9 Å². The van der Waals surface area contributed by atoms with Gasteiger partial charge >= 0.3 is 12.0 Å². The number of primary amides is 1. The van der Waals surface area contributed by atoms with Gasteiger partial charge < -0.3 is 26.4 Å². The Labute approximate surface area is 233 Å². The standard InChI is InChI=1S/C26H23Cl3N4O5/c27-17-8-4-7-16(9-17)10-22(34)32-18-11-19(28)23(20(29)12-18)24(35)33-21(13-31-26(30)37)25(36)38-14-15-5-2-1-3-6-15/h1-9,11-12,21H,10,13-14H2,(H,32,34)(H,33,35)(H3,30,31,37)/t21-/m0/s1. The molecular weight excluding hydrogens is 555 g/mol. The van der Waals surface area contributed by atoms with Crippen molar-refractivity contribution < 1.29 is 23.9 Å². The Balaban J connectivity index is 1.69. The van der Waals surface area contributed by atoms with Crippen LogP contribution in [0.3, 0.4) is 0 Å².